The summed E-state index contributed by atoms with van der Waals surface area (Å²) in [5, 5.41) is 14.3. The molecule has 26 heavy (non-hydrogen) atoms. The van der Waals surface area contributed by atoms with E-state index in [4.69, 9.17) is 4.74 Å². The molecule has 0 unspecified atom stereocenters. The summed E-state index contributed by atoms with van der Waals surface area (Å²) in [7, 11) is 1.88. The molecule has 3 aromatic rings. The number of hydrogen-bond donors (Lipinski definition) is 2. The molecule has 0 fully saturated rings. The van der Waals surface area contributed by atoms with Crippen molar-refractivity contribution in [3.63, 3.8) is 0 Å². The van der Waals surface area contributed by atoms with Crippen LogP contribution in [0.4, 0.5) is 0 Å². The van der Waals surface area contributed by atoms with Gasteiger partial charge in [-0.2, -0.15) is 10.2 Å². The van der Waals surface area contributed by atoms with Crippen molar-refractivity contribution in [2.45, 2.75) is 27.3 Å². The van der Waals surface area contributed by atoms with E-state index in [1.54, 1.807) is 16.9 Å². The fourth-order valence-electron chi connectivity index (χ4n) is 2.81. The number of aromatic nitrogens is 5. The summed E-state index contributed by atoms with van der Waals surface area (Å²) in [6.45, 7) is 6.63. The van der Waals surface area contributed by atoms with Crippen LogP contribution in [-0.4, -0.2) is 37.5 Å². The van der Waals surface area contributed by atoms with Gasteiger partial charge in [-0.15, -0.1) is 0 Å². The second kappa shape index (κ2) is 7.38. The molecule has 3 aromatic heterocycles. The van der Waals surface area contributed by atoms with Crippen LogP contribution in [-0.2, 0) is 13.6 Å². The molecule has 0 aromatic carbocycles. The minimum atomic E-state index is -0.241. The number of aromatic amines is 1. The van der Waals surface area contributed by atoms with Gasteiger partial charge in [0.2, 0.25) is 5.88 Å². The lowest BCUT2D eigenvalue weighted by atomic mass is 10.1. The van der Waals surface area contributed by atoms with Crippen LogP contribution in [0.1, 0.15) is 34.4 Å². The molecule has 8 nitrogen and oxygen atoms in total. The molecule has 8 heteroatoms. The van der Waals surface area contributed by atoms with Gasteiger partial charge in [0.1, 0.15) is 5.69 Å². The monoisotopic (exact) mass is 354 g/mol. The zero-order valence-corrected chi connectivity index (χ0v) is 15.3. The van der Waals surface area contributed by atoms with Crippen molar-refractivity contribution in [2.24, 2.45) is 7.05 Å². The van der Waals surface area contributed by atoms with Gasteiger partial charge in [-0.3, -0.25) is 14.6 Å². The maximum Gasteiger partial charge on any atom is 0.269 e. The molecule has 0 atom stereocenters. The quantitative estimate of drug-likeness (QED) is 0.707. The van der Waals surface area contributed by atoms with Crippen LogP contribution in [0.25, 0.3) is 11.3 Å². The van der Waals surface area contributed by atoms with Crippen LogP contribution in [0.2, 0.25) is 0 Å². The van der Waals surface area contributed by atoms with Gasteiger partial charge in [-0.05, 0) is 32.9 Å². The Hall–Kier alpha value is -3.16. The van der Waals surface area contributed by atoms with Gasteiger partial charge < -0.3 is 10.1 Å². The first-order valence-electron chi connectivity index (χ1n) is 8.42. The minimum absolute atomic E-state index is 0.241. The molecular weight excluding hydrogens is 332 g/mol. The SMILES string of the molecule is CCOc1ncccc1CNC(=O)c1cc(-c2c(C)nn(C)c2C)n[nH]1. The van der Waals surface area contributed by atoms with Crippen molar-refractivity contribution >= 4 is 5.91 Å². The van der Waals surface area contributed by atoms with E-state index < -0.39 is 0 Å². The van der Waals surface area contributed by atoms with E-state index >= 15 is 0 Å². The Bertz CT molecular complexity index is 928. The maximum absolute atomic E-state index is 12.4. The fraction of sp³-hybridized carbons (Fsp3) is 0.333. The number of ether oxygens (including phenoxy) is 1. The third kappa shape index (κ3) is 3.44. The molecule has 1 amide bonds. The van der Waals surface area contributed by atoms with Crippen LogP contribution in [0.5, 0.6) is 5.88 Å². The average Bonchev–Trinajstić information content (AvgIpc) is 3.19. The van der Waals surface area contributed by atoms with Gasteiger partial charge in [-0.1, -0.05) is 6.07 Å². The molecule has 3 heterocycles. The van der Waals surface area contributed by atoms with Crippen molar-refractivity contribution in [3.05, 3.63) is 47.0 Å². The molecule has 0 radical (unpaired) electrons. The number of rotatable bonds is 6. The first-order valence-corrected chi connectivity index (χ1v) is 8.42. The van der Waals surface area contributed by atoms with E-state index in [2.05, 4.69) is 25.6 Å². The Morgan fingerprint density at radius 1 is 1.38 bits per heavy atom. The molecule has 0 spiro atoms. The van der Waals surface area contributed by atoms with E-state index in [9.17, 15) is 4.79 Å². The molecule has 3 rings (SSSR count). The highest BCUT2D eigenvalue weighted by Crippen LogP contribution is 2.25. The first-order chi connectivity index (χ1) is 12.5. The number of hydrogen-bond acceptors (Lipinski definition) is 5. The summed E-state index contributed by atoms with van der Waals surface area (Å²) < 4.78 is 7.28. The predicted octanol–water partition coefficient (Wildman–Crippen LogP) is 2.15. The predicted molar refractivity (Wildman–Crippen MR) is 96.8 cm³/mol. The fourth-order valence-corrected chi connectivity index (χ4v) is 2.81. The Labute approximate surface area is 151 Å². The van der Waals surface area contributed by atoms with Gasteiger partial charge in [0.05, 0.1) is 18.0 Å². The molecular formula is C18H22N6O2. The molecule has 0 bridgehead atoms. The molecule has 0 aliphatic rings. The van der Waals surface area contributed by atoms with Gasteiger partial charge in [0.25, 0.3) is 5.91 Å². The highest BCUT2D eigenvalue weighted by Gasteiger charge is 2.17. The summed E-state index contributed by atoms with van der Waals surface area (Å²) in [6, 6.07) is 5.42. The van der Waals surface area contributed by atoms with Crippen LogP contribution >= 0.6 is 0 Å². The third-order valence-electron chi connectivity index (χ3n) is 4.16. The Kier molecular flexibility index (Phi) is 5.01. The van der Waals surface area contributed by atoms with Gasteiger partial charge in [0.15, 0.2) is 0 Å². The largest absolute Gasteiger partial charge is 0.478 e. The topological polar surface area (TPSA) is 97.7 Å². The third-order valence-corrected chi connectivity index (χ3v) is 4.16. The van der Waals surface area contributed by atoms with Gasteiger partial charge in [-0.25, -0.2) is 4.98 Å². The summed E-state index contributed by atoms with van der Waals surface area (Å²) in [5.74, 6) is 0.288. The number of nitrogens with one attached hydrogen (secondary N) is 2. The second-order valence-corrected chi connectivity index (χ2v) is 5.92. The molecule has 0 aliphatic heterocycles. The number of carbonyl (C=O) groups is 1. The van der Waals surface area contributed by atoms with E-state index in [1.807, 2.05) is 40.0 Å². The van der Waals surface area contributed by atoms with E-state index in [0.717, 1.165) is 22.5 Å². The van der Waals surface area contributed by atoms with Crippen LogP contribution in [0.3, 0.4) is 0 Å². The van der Waals surface area contributed by atoms with Crippen molar-refractivity contribution in [1.29, 1.82) is 0 Å². The number of nitrogens with zero attached hydrogens (tertiary/aromatic N) is 4. The smallest absolute Gasteiger partial charge is 0.269 e. The van der Waals surface area contributed by atoms with Gasteiger partial charge in [0, 0.05) is 36.6 Å². The van der Waals surface area contributed by atoms with Crippen LogP contribution in [0, 0.1) is 13.8 Å². The minimum Gasteiger partial charge on any atom is -0.478 e. The van der Waals surface area contributed by atoms with Crippen molar-refractivity contribution < 1.29 is 9.53 Å². The normalized spacial score (nSPS) is 10.8. The summed E-state index contributed by atoms with van der Waals surface area (Å²) in [6.07, 6.45) is 1.66. The summed E-state index contributed by atoms with van der Waals surface area (Å²) in [5.41, 5.74) is 4.73. The average molecular weight is 354 g/mol. The lowest BCUT2D eigenvalue weighted by molar-refractivity contribution is 0.0945. The lowest BCUT2D eigenvalue weighted by Gasteiger charge is -2.09. The number of carbonyl (C=O) groups excluding carboxylic acids is 1. The van der Waals surface area contributed by atoms with E-state index in [0.29, 0.717) is 30.4 Å². The van der Waals surface area contributed by atoms with Crippen molar-refractivity contribution in [2.75, 3.05) is 6.61 Å². The maximum atomic E-state index is 12.4. The highest BCUT2D eigenvalue weighted by molar-refractivity contribution is 5.93. The second-order valence-electron chi connectivity index (χ2n) is 5.92. The van der Waals surface area contributed by atoms with Crippen molar-refractivity contribution in [1.82, 2.24) is 30.3 Å². The number of pyridine rings is 1. The standard InChI is InChI=1S/C18H22N6O2/c1-5-26-18-13(7-6-8-19-18)10-20-17(25)15-9-14(21-22-15)16-11(2)23-24(4)12(16)3/h6-9H,5,10H2,1-4H3,(H,20,25)(H,21,22). The van der Waals surface area contributed by atoms with Gasteiger partial charge >= 0.3 is 0 Å². The van der Waals surface area contributed by atoms with Crippen LogP contribution < -0.4 is 10.1 Å². The molecule has 2 N–H and O–H groups in total. The summed E-state index contributed by atoms with van der Waals surface area (Å²) in [4.78, 5) is 16.6. The number of H-pyrrole nitrogens is 1. The molecule has 0 saturated carbocycles. The summed E-state index contributed by atoms with van der Waals surface area (Å²) >= 11 is 0. The van der Waals surface area contributed by atoms with E-state index in [-0.39, 0.29) is 5.91 Å². The number of aryl methyl sites for hydroxylation is 2. The van der Waals surface area contributed by atoms with E-state index in [1.165, 1.54) is 0 Å². The molecule has 0 aliphatic carbocycles. The highest BCUT2D eigenvalue weighted by atomic mass is 16.5. The zero-order valence-electron chi connectivity index (χ0n) is 15.3. The molecule has 0 saturated heterocycles. The Morgan fingerprint density at radius 2 is 2.19 bits per heavy atom. The van der Waals surface area contributed by atoms with Crippen molar-refractivity contribution in [3.8, 4) is 17.1 Å². The molecule has 136 valence electrons. The first kappa shape index (κ1) is 17.7. The number of amides is 1. The Balaban J connectivity index is 1.73. The Morgan fingerprint density at radius 3 is 2.88 bits per heavy atom. The van der Waals surface area contributed by atoms with Crippen LogP contribution in [0.15, 0.2) is 24.4 Å². The zero-order chi connectivity index (χ0) is 18.7. The lowest BCUT2D eigenvalue weighted by Crippen LogP contribution is -2.23.